The first-order valence-corrected chi connectivity index (χ1v) is 13.9. The Morgan fingerprint density at radius 1 is 1.03 bits per heavy atom. The number of benzene rings is 2. The minimum absolute atomic E-state index is 0.129. The lowest BCUT2D eigenvalue weighted by Gasteiger charge is -2.30. The van der Waals surface area contributed by atoms with Crippen LogP contribution in [0.1, 0.15) is 30.9 Å². The van der Waals surface area contributed by atoms with E-state index in [9.17, 15) is 29.4 Å². The number of likely N-dealkylation sites (N-methyl/N-ethyl adjacent to an activating group) is 1. The van der Waals surface area contributed by atoms with Gasteiger partial charge < -0.3 is 31.1 Å². The highest BCUT2D eigenvalue weighted by molar-refractivity contribution is 14.1. The smallest absolute Gasteiger partial charge is 0.326 e. The monoisotopic (exact) mass is 650 g/mol. The predicted molar refractivity (Wildman–Crippen MR) is 154 cm³/mol. The number of phenolic OH excluding ortho intramolecular Hbond substituents is 1. The van der Waals surface area contributed by atoms with Gasteiger partial charge in [-0.25, -0.2) is 4.79 Å². The molecule has 1 aliphatic carbocycles. The number of amides is 3. The van der Waals surface area contributed by atoms with Crippen molar-refractivity contribution in [1.82, 2.24) is 20.9 Å². The average molecular weight is 651 g/mol. The van der Waals surface area contributed by atoms with Crippen molar-refractivity contribution in [3.05, 3.63) is 63.2 Å². The molecule has 0 spiro atoms. The third kappa shape index (κ3) is 9.50. The van der Waals surface area contributed by atoms with Crippen LogP contribution in [0, 0.1) is 9.49 Å². The third-order valence-corrected chi connectivity index (χ3v) is 7.33. The van der Waals surface area contributed by atoms with Crippen LogP contribution in [-0.4, -0.2) is 77.1 Å². The van der Waals surface area contributed by atoms with Gasteiger partial charge in [-0.15, -0.1) is 0 Å². The standard InChI is InChI=1S/C28H35IN4O6/c1-17(32-27(37)23(30-2)13-18-8-10-22(34)11-9-18)26(36)31-15-25(35)33(16-19-6-7-19)24(28(38)39)14-20-4-3-5-21(29)12-20/h3-5,8-12,17,19,23-24,30,34H,6-7,13-16H2,1-2H3,(H,31,36)(H,32,37)(H,38,39)/t17-,23+,24+/m1/s1. The fraction of sp³-hybridized carbons (Fsp3) is 0.429. The summed E-state index contributed by atoms with van der Waals surface area (Å²) < 4.78 is 0.973. The summed E-state index contributed by atoms with van der Waals surface area (Å²) in [6.07, 6.45) is 2.39. The van der Waals surface area contributed by atoms with Crippen molar-refractivity contribution in [3.63, 3.8) is 0 Å². The number of carbonyl (C=O) groups excluding carboxylic acids is 3. The maximum absolute atomic E-state index is 13.2. The van der Waals surface area contributed by atoms with Crippen LogP contribution in [0.15, 0.2) is 48.5 Å². The number of nitrogens with one attached hydrogen (secondary N) is 3. The zero-order valence-corrected chi connectivity index (χ0v) is 24.2. The van der Waals surface area contributed by atoms with Gasteiger partial charge in [-0.2, -0.15) is 0 Å². The highest BCUT2D eigenvalue weighted by Crippen LogP contribution is 2.31. The van der Waals surface area contributed by atoms with E-state index in [1.807, 2.05) is 24.3 Å². The molecular weight excluding hydrogens is 615 g/mol. The summed E-state index contributed by atoms with van der Waals surface area (Å²) in [6.45, 7) is 1.47. The number of halogens is 1. The van der Waals surface area contributed by atoms with Crippen molar-refractivity contribution < 1.29 is 29.4 Å². The van der Waals surface area contributed by atoms with Gasteiger partial charge in [0, 0.05) is 16.5 Å². The summed E-state index contributed by atoms with van der Waals surface area (Å²) in [5.74, 6) is -2.13. The Labute approximate surface area is 241 Å². The number of rotatable bonds is 14. The van der Waals surface area contributed by atoms with E-state index >= 15 is 0 Å². The summed E-state index contributed by atoms with van der Waals surface area (Å²) in [5, 5.41) is 27.5. The van der Waals surface area contributed by atoms with Crippen LogP contribution in [0.5, 0.6) is 5.75 Å². The van der Waals surface area contributed by atoms with Gasteiger partial charge in [0.2, 0.25) is 17.7 Å². The summed E-state index contributed by atoms with van der Waals surface area (Å²) >= 11 is 2.16. The number of nitrogens with zero attached hydrogens (tertiary/aromatic N) is 1. The molecule has 3 rings (SSSR count). The Kier molecular flexibility index (Phi) is 11.1. The summed E-state index contributed by atoms with van der Waals surface area (Å²) in [5.41, 5.74) is 1.65. The minimum Gasteiger partial charge on any atom is -0.508 e. The van der Waals surface area contributed by atoms with Gasteiger partial charge >= 0.3 is 5.97 Å². The number of aliphatic carboxylic acids is 1. The van der Waals surface area contributed by atoms with E-state index in [4.69, 9.17) is 0 Å². The van der Waals surface area contributed by atoms with Gasteiger partial charge in [-0.05, 0) is 97.1 Å². The zero-order valence-electron chi connectivity index (χ0n) is 22.0. The van der Waals surface area contributed by atoms with E-state index in [2.05, 4.69) is 38.5 Å². The topological polar surface area (TPSA) is 148 Å². The van der Waals surface area contributed by atoms with Crippen molar-refractivity contribution in [1.29, 1.82) is 0 Å². The maximum atomic E-state index is 13.2. The fourth-order valence-electron chi connectivity index (χ4n) is 4.19. The lowest BCUT2D eigenvalue weighted by Crippen LogP contribution is -2.54. The minimum atomic E-state index is -1.10. The van der Waals surface area contributed by atoms with Gasteiger partial charge in [-0.1, -0.05) is 24.3 Å². The lowest BCUT2D eigenvalue weighted by atomic mass is 10.0. The van der Waals surface area contributed by atoms with E-state index in [1.165, 1.54) is 24.0 Å². The lowest BCUT2D eigenvalue weighted by molar-refractivity contribution is -0.150. The largest absolute Gasteiger partial charge is 0.508 e. The van der Waals surface area contributed by atoms with Crippen LogP contribution in [-0.2, 0) is 32.0 Å². The molecule has 1 fully saturated rings. The molecule has 0 aromatic heterocycles. The number of hydrogen-bond donors (Lipinski definition) is 5. The van der Waals surface area contributed by atoms with Crippen LogP contribution in [0.4, 0.5) is 0 Å². The highest BCUT2D eigenvalue weighted by Gasteiger charge is 2.35. The molecule has 2 aromatic rings. The molecule has 11 heteroatoms. The number of carbonyl (C=O) groups is 4. The summed E-state index contributed by atoms with van der Waals surface area (Å²) in [6, 6.07) is 11.4. The van der Waals surface area contributed by atoms with Crippen molar-refractivity contribution in [2.75, 3.05) is 20.1 Å². The molecule has 0 heterocycles. The van der Waals surface area contributed by atoms with E-state index in [0.29, 0.717) is 13.0 Å². The molecule has 10 nitrogen and oxygen atoms in total. The van der Waals surface area contributed by atoms with Gasteiger partial charge in [0.05, 0.1) is 12.6 Å². The van der Waals surface area contributed by atoms with Crippen molar-refractivity contribution in [3.8, 4) is 5.75 Å². The van der Waals surface area contributed by atoms with Crippen molar-refractivity contribution in [2.24, 2.45) is 5.92 Å². The van der Waals surface area contributed by atoms with E-state index in [1.54, 1.807) is 19.2 Å². The van der Waals surface area contributed by atoms with Gasteiger partial charge in [0.25, 0.3) is 0 Å². The molecule has 0 aliphatic heterocycles. The van der Waals surface area contributed by atoms with E-state index in [-0.39, 0.29) is 24.6 Å². The highest BCUT2D eigenvalue weighted by atomic mass is 127. The third-order valence-electron chi connectivity index (χ3n) is 6.66. The summed E-state index contributed by atoms with van der Waals surface area (Å²) in [4.78, 5) is 52.2. The molecule has 210 valence electrons. The van der Waals surface area contributed by atoms with Gasteiger partial charge in [0.1, 0.15) is 17.8 Å². The quantitative estimate of drug-likeness (QED) is 0.196. The van der Waals surface area contributed by atoms with E-state index in [0.717, 1.165) is 27.5 Å². The summed E-state index contributed by atoms with van der Waals surface area (Å²) in [7, 11) is 1.64. The Morgan fingerprint density at radius 2 is 1.72 bits per heavy atom. The van der Waals surface area contributed by atoms with Crippen molar-refractivity contribution in [2.45, 2.75) is 50.7 Å². The second kappa shape index (κ2) is 14.3. The molecule has 2 aromatic carbocycles. The molecule has 39 heavy (non-hydrogen) atoms. The Morgan fingerprint density at radius 3 is 2.31 bits per heavy atom. The number of aromatic hydroxyl groups is 1. The van der Waals surface area contributed by atoms with Crippen molar-refractivity contribution >= 4 is 46.3 Å². The molecule has 3 amide bonds. The molecule has 0 unspecified atom stereocenters. The van der Waals surface area contributed by atoms with Crippen LogP contribution in [0.2, 0.25) is 0 Å². The Balaban J connectivity index is 1.58. The van der Waals surface area contributed by atoms with Crippen LogP contribution in [0.3, 0.4) is 0 Å². The number of phenols is 1. The molecule has 0 radical (unpaired) electrons. The molecule has 1 aliphatic rings. The molecule has 0 saturated heterocycles. The molecule has 5 N–H and O–H groups in total. The van der Waals surface area contributed by atoms with Crippen LogP contribution in [0.25, 0.3) is 0 Å². The Hall–Kier alpha value is -3.19. The van der Waals surface area contributed by atoms with Crippen LogP contribution < -0.4 is 16.0 Å². The Bertz CT molecular complexity index is 1170. The maximum Gasteiger partial charge on any atom is 0.326 e. The SMILES string of the molecule is CN[C@@H](Cc1ccc(O)cc1)C(=O)N[C@H](C)C(=O)NCC(=O)N(CC1CC1)[C@@H](Cc1cccc(I)c1)C(=O)O. The van der Waals surface area contributed by atoms with Gasteiger partial charge in [0.15, 0.2) is 0 Å². The fourth-order valence-corrected chi connectivity index (χ4v) is 4.80. The first-order valence-electron chi connectivity index (χ1n) is 12.9. The predicted octanol–water partition coefficient (Wildman–Crippen LogP) is 1.68. The first-order chi connectivity index (χ1) is 18.6. The molecule has 3 atom stereocenters. The van der Waals surface area contributed by atoms with Gasteiger partial charge in [-0.3, -0.25) is 14.4 Å². The normalized spacial score (nSPS) is 15.1. The first kappa shape index (κ1) is 30.4. The molecular formula is C28H35IN4O6. The second-order valence-electron chi connectivity index (χ2n) is 9.84. The number of carboxylic acids is 1. The molecule has 0 bridgehead atoms. The number of carboxylic acid groups (broad SMARTS) is 1. The average Bonchev–Trinajstić information content (AvgIpc) is 3.72. The zero-order chi connectivity index (χ0) is 28.5. The second-order valence-corrected chi connectivity index (χ2v) is 11.1. The van der Waals surface area contributed by atoms with Crippen LogP contribution >= 0.6 is 22.6 Å². The number of hydrogen-bond acceptors (Lipinski definition) is 6. The molecule has 1 saturated carbocycles. The van der Waals surface area contributed by atoms with E-state index < -0.39 is 41.8 Å².